The van der Waals surface area contributed by atoms with Gasteiger partial charge in [0.05, 0.1) is 24.3 Å². The Morgan fingerprint density at radius 2 is 1.82 bits per heavy atom. The third-order valence-electron chi connectivity index (χ3n) is 4.45. The van der Waals surface area contributed by atoms with Gasteiger partial charge in [0, 0.05) is 24.1 Å². The summed E-state index contributed by atoms with van der Waals surface area (Å²) < 4.78 is 17.5. The van der Waals surface area contributed by atoms with E-state index in [0.29, 0.717) is 18.1 Å². The summed E-state index contributed by atoms with van der Waals surface area (Å²) in [7, 11) is 3.99. The summed E-state index contributed by atoms with van der Waals surface area (Å²) >= 11 is 0. The average molecular weight is 391 g/mol. The molecule has 6 heteroatoms. The first-order valence-corrected chi connectivity index (χ1v) is 10.2. The van der Waals surface area contributed by atoms with Gasteiger partial charge in [0.25, 0.3) is 0 Å². The van der Waals surface area contributed by atoms with Crippen molar-refractivity contribution >= 4 is 16.9 Å². The molecule has 0 unspecified atom stereocenters. The molecule has 0 bridgehead atoms. The highest BCUT2D eigenvalue weighted by molar-refractivity contribution is 5.97. The molecule has 0 saturated carbocycles. The zero-order valence-corrected chi connectivity index (χ0v) is 18.0. The second kappa shape index (κ2) is 10.4. The molecule has 0 aliphatic heterocycles. The third kappa shape index (κ3) is 6.16. The summed E-state index contributed by atoms with van der Waals surface area (Å²) in [6, 6.07) is 5.62. The van der Waals surface area contributed by atoms with Crippen molar-refractivity contribution in [3.8, 4) is 11.5 Å². The van der Waals surface area contributed by atoms with Gasteiger partial charge in [-0.15, -0.1) is 0 Å². The van der Waals surface area contributed by atoms with E-state index in [1.165, 1.54) is 0 Å². The number of esters is 1. The average Bonchev–Trinajstić information content (AvgIpc) is 3.07. The van der Waals surface area contributed by atoms with E-state index in [2.05, 4.69) is 23.7 Å². The Balaban J connectivity index is 2.24. The van der Waals surface area contributed by atoms with Gasteiger partial charge < -0.3 is 24.1 Å². The van der Waals surface area contributed by atoms with Crippen molar-refractivity contribution < 1.29 is 19.0 Å². The van der Waals surface area contributed by atoms with Crippen molar-refractivity contribution in [1.82, 2.24) is 9.88 Å². The number of hydrogen-bond acceptors (Lipinski definition) is 5. The second-order valence-corrected chi connectivity index (χ2v) is 7.58. The molecule has 0 aliphatic carbocycles. The van der Waals surface area contributed by atoms with E-state index in [1.807, 2.05) is 40.1 Å². The smallest absolute Gasteiger partial charge is 0.354 e. The SMILES string of the molecule is CCC(CC)Oc1cc(OC(C)C)c2cc(C(=O)OCCCN(C)C)[nH]c2c1. The van der Waals surface area contributed by atoms with Gasteiger partial charge in [-0.3, -0.25) is 0 Å². The minimum absolute atomic E-state index is 0.0166. The highest BCUT2D eigenvalue weighted by Gasteiger charge is 2.17. The van der Waals surface area contributed by atoms with Gasteiger partial charge in [0.2, 0.25) is 0 Å². The molecule has 1 aromatic heterocycles. The fourth-order valence-corrected chi connectivity index (χ4v) is 2.98. The van der Waals surface area contributed by atoms with Gasteiger partial charge in [-0.2, -0.15) is 0 Å². The molecule has 0 saturated heterocycles. The number of benzene rings is 1. The second-order valence-electron chi connectivity index (χ2n) is 7.58. The highest BCUT2D eigenvalue weighted by Crippen LogP contribution is 2.33. The van der Waals surface area contributed by atoms with Crippen LogP contribution in [0.4, 0.5) is 0 Å². The standard InChI is InChI=1S/C22H34N2O4/c1-7-16(8-2)28-17-12-19-18(21(13-17)27-15(3)4)14-20(23-19)22(25)26-11-9-10-24(5)6/h12-16,23H,7-11H2,1-6H3. The molecule has 0 aliphatic rings. The normalized spacial score (nSPS) is 11.6. The van der Waals surface area contributed by atoms with Gasteiger partial charge in [0.1, 0.15) is 17.2 Å². The number of carbonyl (C=O) groups is 1. The van der Waals surface area contributed by atoms with Crippen LogP contribution in [0.2, 0.25) is 0 Å². The minimum atomic E-state index is -0.354. The summed E-state index contributed by atoms with van der Waals surface area (Å²) in [5, 5.41) is 0.853. The van der Waals surface area contributed by atoms with E-state index in [4.69, 9.17) is 14.2 Å². The Bertz CT molecular complexity index is 763. The predicted molar refractivity (Wildman–Crippen MR) is 113 cm³/mol. The molecule has 2 aromatic rings. The molecule has 1 N–H and O–H groups in total. The van der Waals surface area contributed by atoms with Crippen LogP contribution in [0.15, 0.2) is 18.2 Å². The summed E-state index contributed by atoms with van der Waals surface area (Å²) in [4.78, 5) is 17.6. The fraction of sp³-hybridized carbons (Fsp3) is 0.591. The number of fused-ring (bicyclic) bond motifs is 1. The van der Waals surface area contributed by atoms with Crippen LogP contribution in [-0.2, 0) is 4.74 Å². The van der Waals surface area contributed by atoms with Crippen molar-refractivity contribution in [1.29, 1.82) is 0 Å². The third-order valence-corrected chi connectivity index (χ3v) is 4.45. The molecule has 0 spiro atoms. The molecule has 0 fully saturated rings. The highest BCUT2D eigenvalue weighted by atomic mass is 16.5. The van der Waals surface area contributed by atoms with Crippen LogP contribution >= 0.6 is 0 Å². The van der Waals surface area contributed by atoms with Gasteiger partial charge in [-0.25, -0.2) is 4.79 Å². The Morgan fingerprint density at radius 1 is 1.11 bits per heavy atom. The number of nitrogens with one attached hydrogen (secondary N) is 1. The van der Waals surface area contributed by atoms with E-state index in [9.17, 15) is 4.79 Å². The van der Waals surface area contributed by atoms with Crippen molar-refractivity contribution in [3.63, 3.8) is 0 Å². The summed E-state index contributed by atoms with van der Waals surface area (Å²) in [6.07, 6.45) is 2.84. The molecule has 1 heterocycles. The maximum absolute atomic E-state index is 12.4. The van der Waals surface area contributed by atoms with E-state index in [-0.39, 0.29) is 18.2 Å². The number of hydrogen-bond donors (Lipinski definition) is 1. The van der Waals surface area contributed by atoms with Gasteiger partial charge in [-0.05, 0) is 53.3 Å². The van der Waals surface area contributed by atoms with E-state index >= 15 is 0 Å². The van der Waals surface area contributed by atoms with Crippen molar-refractivity contribution in [2.75, 3.05) is 27.2 Å². The first kappa shape index (κ1) is 22.1. The number of rotatable bonds is 11. The molecule has 156 valence electrons. The Labute approximate surface area is 168 Å². The topological polar surface area (TPSA) is 63.8 Å². The lowest BCUT2D eigenvalue weighted by Gasteiger charge is -2.18. The Morgan fingerprint density at radius 3 is 2.43 bits per heavy atom. The van der Waals surface area contributed by atoms with Crippen molar-refractivity contribution in [2.24, 2.45) is 0 Å². The molecule has 6 nitrogen and oxygen atoms in total. The van der Waals surface area contributed by atoms with Crippen molar-refractivity contribution in [3.05, 3.63) is 23.9 Å². The molecule has 1 aromatic carbocycles. The lowest BCUT2D eigenvalue weighted by molar-refractivity contribution is 0.0487. The fourth-order valence-electron chi connectivity index (χ4n) is 2.98. The first-order valence-electron chi connectivity index (χ1n) is 10.2. The molecular formula is C22H34N2O4. The van der Waals surface area contributed by atoms with Gasteiger partial charge in [-0.1, -0.05) is 13.8 Å². The van der Waals surface area contributed by atoms with E-state index in [1.54, 1.807) is 6.07 Å². The van der Waals surface area contributed by atoms with Crippen LogP contribution < -0.4 is 9.47 Å². The molecule has 0 atom stereocenters. The minimum Gasteiger partial charge on any atom is -0.490 e. The number of H-pyrrole nitrogens is 1. The van der Waals surface area contributed by atoms with Gasteiger partial charge >= 0.3 is 5.97 Å². The zero-order chi connectivity index (χ0) is 20.7. The molecule has 2 rings (SSSR count). The van der Waals surface area contributed by atoms with Crippen LogP contribution in [0.3, 0.4) is 0 Å². The largest absolute Gasteiger partial charge is 0.490 e. The maximum Gasteiger partial charge on any atom is 0.354 e. The van der Waals surface area contributed by atoms with Crippen LogP contribution in [0.1, 0.15) is 57.4 Å². The summed E-state index contributed by atoms with van der Waals surface area (Å²) in [5.74, 6) is 1.09. The van der Waals surface area contributed by atoms with Gasteiger partial charge in [0.15, 0.2) is 0 Å². The van der Waals surface area contributed by atoms with Crippen LogP contribution in [0, 0.1) is 0 Å². The number of nitrogens with zero attached hydrogens (tertiary/aromatic N) is 1. The first-order chi connectivity index (χ1) is 13.3. The maximum atomic E-state index is 12.4. The monoisotopic (exact) mass is 390 g/mol. The number of aromatic amines is 1. The summed E-state index contributed by atoms with van der Waals surface area (Å²) in [6.45, 7) is 9.45. The number of ether oxygens (including phenoxy) is 3. The quantitative estimate of drug-likeness (QED) is 0.448. The lowest BCUT2D eigenvalue weighted by Crippen LogP contribution is -2.16. The Kier molecular flexibility index (Phi) is 8.18. The number of carbonyl (C=O) groups excluding carboxylic acids is 1. The van der Waals surface area contributed by atoms with Crippen LogP contribution in [0.5, 0.6) is 11.5 Å². The molecule has 28 heavy (non-hydrogen) atoms. The van der Waals surface area contributed by atoms with E-state index in [0.717, 1.165) is 42.5 Å². The predicted octanol–water partition coefficient (Wildman–Crippen LogP) is 4.63. The summed E-state index contributed by atoms with van der Waals surface area (Å²) in [5.41, 5.74) is 1.23. The molecule has 0 amide bonds. The molecule has 0 radical (unpaired) electrons. The molecular weight excluding hydrogens is 356 g/mol. The number of aromatic nitrogens is 1. The van der Waals surface area contributed by atoms with Crippen molar-refractivity contribution in [2.45, 2.75) is 59.2 Å². The van der Waals surface area contributed by atoms with E-state index < -0.39 is 0 Å². The lowest BCUT2D eigenvalue weighted by atomic mass is 10.2. The Hall–Kier alpha value is -2.21. The van der Waals surface area contributed by atoms with Crippen LogP contribution in [0.25, 0.3) is 10.9 Å². The zero-order valence-electron chi connectivity index (χ0n) is 18.0. The van der Waals surface area contributed by atoms with Crippen LogP contribution in [-0.4, -0.2) is 55.3 Å².